The Morgan fingerprint density at radius 3 is 2.06 bits per heavy atom. The van der Waals surface area contributed by atoms with Crippen LogP contribution in [0.5, 0.6) is 17.2 Å². The largest absolute Gasteiger partial charge is 0.508 e. The molecule has 160 valence electrons. The number of carbonyl (C=O) groups excluding carboxylic acids is 1. The van der Waals surface area contributed by atoms with Crippen molar-refractivity contribution in [1.82, 2.24) is 5.32 Å². The van der Waals surface area contributed by atoms with Gasteiger partial charge >= 0.3 is 0 Å². The first-order valence-corrected chi connectivity index (χ1v) is 10.4. The third-order valence-corrected chi connectivity index (χ3v) is 4.96. The van der Waals surface area contributed by atoms with Crippen LogP contribution in [0.15, 0.2) is 109 Å². The van der Waals surface area contributed by atoms with Gasteiger partial charge < -0.3 is 15.2 Å². The Morgan fingerprint density at radius 1 is 0.750 bits per heavy atom. The SMILES string of the molecule is O=C(CNC(c1ccccc1)c1ccc(O)cc1)Nc1ccccc1Oc1ccccc1. The molecule has 0 radical (unpaired) electrons. The van der Waals surface area contributed by atoms with Gasteiger partial charge in [0.05, 0.1) is 18.3 Å². The Bertz CT molecular complexity index is 1150. The molecular formula is C27H24N2O3. The molecule has 0 aliphatic rings. The summed E-state index contributed by atoms with van der Waals surface area (Å²) in [5, 5.41) is 15.9. The van der Waals surface area contributed by atoms with Gasteiger partial charge in [-0.1, -0.05) is 72.8 Å². The van der Waals surface area contributed by atoms with Crippen LogP contribution >= 0.6 is 0 Å². The number of nitrogens with one attached hydrogen (secondary N) is 2. The van der Waals surface area contributed by atoms with Gasteiger partial charge in [0.25, 0.3) is 0 Å². The summed E-state index contributed by atoms with van der Waals surface area (Å²) in [6, 6.07) is 33.5. The van der Waals surface area contributed by atoms with Gasteiger partial charge in [-0.15, -0.1) is 0 Å². The summed E-state index contributed by atoms with van der Waals surface area (Å²) < 4.78 is 5.93. The van der Waals surface area contributed by atoms with Crippen molar-refractivity contribution in [3.63, 3.8) is 0 Å². The number of rotatable bonds is 8. The van der Waals surface area contributed by atoms with Gasteiger partial charge in [-0.2, -0.15) is 0 Å². The molecule has 4 rings (SSSR count). The van der Waals surface area contributed by atoms with Crippen molar-refractivity contribution in [2.24, 2.45) is 0 Å². The first kappa shape index (κ1) is 21.2. The number of hydrogen-bond donors (Lipinski definition) is 3. The van der Waals surface area contributed by atoms with E-state index in [4.69, 9.17) is 4.74 Å². The molecule has 1 atom stereocenters. The molecule has 0 aliphatic heterocycles. The molecule has 3 N–H and O–H groups in total. The Labute approximate surface area is 187 Å². The van der Waals surface area contributed by atoms with E-state index in [9.17, 15) is 9.90 Å². The zero-order valence-electron chi connectivity index (χ0n) is 17.4. The van der Waals surface area contributed by atoms with Gasteiger partial charge in [-0.25, -0.2) is 0 Å². The summed E-state index contributed by atoms with van der Waals surface area (Å²) in [5.41, 5.74) is 2.58. The van der Waals surface area contributed by atoms with Gasteiger partial charge in [0, 0.05) is 0 Å². The number of hydrogen-bond acceptors (Lipinski definition) is 4. The monoisotopic (exact) mass is 424 g/mol. The summed E-state index contributed by atoms with van der Waals surface area (Å²) in [5.74, 6) is 1.29. The molecule has 0 aromatic heterocycles. The molecule has 0 aliphatic carbocycles. The highest BCUT2D eigenvalue weighted by Crippen LogP contribution is 2.29. The fraction of sp³-hybridized carbons (Fsp3) is 0.0741. The molecule has 0 bridgehead atoms. The average molecular weight is 425 g/mol. The number of aromatic hydroxyl groups is 1. The van der Waals surface area contributed by atoms with E-state index in [-0.39, 0.29) is 24.2 Å². The molecule has 0 heterocycles. The summed E-state index contributed by atoms with van der Waals surface area (Å²) in [4.78, 5) is 12.8. The van der Waals surface area contributed by atoms with Crippen LogP contribution in [0.1, 0.15) is 17.2 Å². The summed E-state index contributed by atoms with van der Waals surface area (Å²) >= 11 is 0. The van der Waals surface area contributed by atoms with E-state index >= 15 is 0 Å². The fourth-order valence-corrected chi connectivity index (χ4v) is 3.40. The number of phenols is 1. The first-order chi connectivity index (χ1) is 15.7. The van der Waals surface area contributed by atoms with Crippen molar-refractivity contribution in [3.05, 3.63) is 120 Å². The second-order valence-corrected chi connectivity index (χ2v) is 7.28. The topological polar surface area (TPSA) is 70.6 Å². The third-order valence-electron chi connectivity index (χ3n) is 4.96. The lowest BCUT2D eigenvalue weighted by Gasteiger charge is -2.20. The van der Waals surface area contributed by atoms with Crippen LogP contribution in [0.3, 0.4) is 0 Å². The van der Waals surface area contributed by atoms with Crippen LogP contribution in [-0.2, 0) is 4.79 Å². The quantitative estimate of drug-likeness (QED) is 0.349. The maximum atomic E-state index is 12.8. The molecule has 1 unspecified atom stereocenters. The van der Waals surface area contributed by atoms with Crippen molar-refractivity contribution in [3.8, 4) is 17.2 Å². The normalized spacial score (nSPS) is 11.5. The number of benzene rings is 4. The van der Waals surface area contributed by atoms with E-state index in [1.54, 1.807) is 12.1 Å². The zero-order valence-corrected chi connectivity index (χ0v) is 17.4. The minimum Gasteiger partial charge on any atom is -0.508 e. The molecular weight excluding hydrogens is 400 g/mol. The lowest BCUT2D eigenvalue weighted by atomic mass is 9.98. The maximum Gasteiger partial charge on any atom is 0.238 e. The van der Waals surface area contributed by atoms with Crippen LogP contribution in [0.25, 0.3) is 0 Å². The van der Waals surface area contributed by atoms with E-state index in [0.717, 1.165) is 11.1 Å². The third kappa shape index (κ3) is 5.53. The Kier molecular flexibility index (Phi) is 6.80. The molecule has 1 amide bonds. The van der Waals surface area contributed by atoms with Crippen molar-refractivity contribution in [2.45, 2.75) is 6.04 Å². The molecule has 0 fully saturated rings. The minimum absolute atomic E-state index is 0.0973. The van der Waals surface area contributed by atoms with Gasteiger partial charge in [0.15, 0.2) is 5.75 Å². The highest BCUT2D eigenvalue weighted by atomic mass is 16.5. The number of para-hydroxylation sites is 3. The number of phenolic OH excluding ortho intramolecular Hbond substituents is 1. The van der Waals surface area contributed by atoms with E-state index < -0.39 is 0 Å². The molecule has 32 heavy (non-hydrogen) atoms. The maximum absolute atomic E-state index is 12.8. The van der Waals surface area contributed by atoms with Crippen LogP contribution < -0.4 is 15.4 Å². The van der Waals surface area contributed by atoms with Crippen molar-refractivity contribution in [2.75, 3.05) is 11.9 Å². The van der Waals surface area contributed by atoms with Crippen LogP contribution in [-0.4, -0.2) is 17.6 Å². The highest BCUT2D eigenvalue weighted by Gasteiger charge is 2.16. The van der Waals surface area contributed by atoms with Crippen molar-refractivity contribution >= 4 is 11.6 Å². The second-order valence-electron chi connectivity index (χ2n) is 7.28. The number of carbonyl (C=O) groups is 1. The van der Waals surface area contributed by atoms with Crippen molar-refractivity contribution < 1.29 is 14.6 Å². The highest BCUT2D eigenvalue weighted by molar-refractivity contribution is 5.93. The predicted octanol–water partition coefficient (Wildman–Crippen LogP) is 5.50. The van der Waals surface area contributed by atoms with Gasteiger partial charge in [0.1, 0.15) is 11.5 Å². The summed E-state index contributed by atoms with van der Waals surface area (Å²) in [6.07, 6.45) is 0. The van der Waals surface area contributed by atoms with Gasteiger partial charge in [-0.3, -0.25) is 10.1 Å². The Balaban J connectivity index is 1.46. The van der Waals surface area contributed by atoms with E-state index in [1.807, 2.05) is 97.1 Å². The molecule has 4 aromatic carbocycles. The molecule has 0 spiro atoms. The van der Waals surface area contributed by atoms with Crippen molar-refractivity contribution in [1.29, 1.82) is 0 Å². The summed E-state index contributed by atoms with van der Waals surface area (Å²) in [7, 11) is 0. The van der Waals surface area contributed by atoms with E-state index in [1.165, 1.54) is 0 Å². The Hall–Kier alpha value is -4.09. The Morgan fingerprint density at radius 2 is 1.34 bits per heavy atom. The molecule has 0 saturated heterocycles. The van der Waals surface area contributed by atoms with Crippen LogP contribution in [0, 0.1) is 0 Å². The van der Waals surface area contributed by atoms with Gasteiger partial charge in [0.2, 0.25) is 5.91 Å². The number of amides is 1. The summed E-state index contributed by atoms with van der Waals surface area (Å²) in [6.45, 7) is 0.0973. The van der Waals surface area contributed by atoms with E-state index in [0.29, 0.717) is 17.2 Å². The average Bonchev–Trinajstić information content (AvgIpc) is 2.83. The lowest BCUT2D eigenvalue weighted by molar-refractivity contribution is -0.115. The fourth-order valence-electron chi connectivity index (χ4n) is 3.40. The first-order valence-electron chi connectivity index (χ1n) is 10.4. The molecule has 5 heteroatoms. The number of anilines is 1. The lowest BCUT2D eigenvalue weighted by Crippen LogP contribution is -2.32. The van der Waals surface area contributed by atoms with Crippen LogP contribution in [0.4, 0.5) is 5.69 Å². The number of ether oxygens (including phenoxy) is 1. The van der Waals surface area contributed by atoms with E-state index in [2.05, 4.69) is 10.6 Å². The molecule has 5 nitrogen and oxygen atoms in total. The predicted molar refractivity (Wildman–Crippen MR) is 126 cm³/mol. The zero-order chi connectivity index (χ0) is 22.2. The minimum atomic E-state index is -0.196. The smallest absolute Gasteiger partial charge is 0.238 e. The second kappa shape index (κ2) is 10.3. The van der Waals surface area contributed by atoms with Crippen LogP contribution in [0.2, 0.25) is 0 Å². The molecule has 4 aromatic rings. The van der Waals surface area contributed by atoms with Gasteiger partial charge in [-0.05, 0) is 47.5 Å². The molecule has 0 saturated carbocycles. The standard InChI is InChI=1S/C27H24N2O3/c30-22-17-15-21(16-18-22)27(20-9-3-1-4-10-20)28-19-26(31)29-24-13-7-8-14-25(24)32-23-11-5-2-6-12-23/h1-18,27-28,30H,19H2,(H,29,31).